The number of hydrazine groups is 2. The molecule has 0 fully saturated rings. The number of aliphatic imine (C=N–C) groups is 2. The van der Waals surface area contributed by atoms with Crippen molar-refractivity contribution >= 4 is 23.5 Å². The maximum atomic E-state index is 12.3. The molecule has 0 aliphatic carbocycles. The molecule has 0 aromatic heterocycles. The quantitative estimate of drug-likeness (QED) is 0.252. The number of nitriles is 2. The molecule has 2 N–H and O–H groups in total. The number of rotatable bonds is 4. The summed E-state index contributed by atoms with van der Waals surface area (Å²) in [6, 6.07) is 17.7. The number of hydrogen-bond acceptors (Lipinski definition) is 6. The molecule has 0 aliphatic rings. The second-order valence-electron chi connectivity index (χ2n) is 6.17. The molecular weight excluding hydrogens is 396 g/mol. The molecule has 0 atom stereocenters. The number of nitrogens with zero attached hydrogens (tertiary/aromatic N) is 6. The van der Waals surface area contributed by atoms with E-state index in [4.69, 9.17) is 10.5 Å². The van der Waals surface area contributed by atoms with Crippen LogP contribution in [0.25, 0.3) is 0 Å². The maximum absolute atomic E-state index is 12.3. The summed E-state index contributed by atoms with van der Waals surface area (Å²) in [5, 5.41) is 20.4. The van der Waals surface area contributed by atoms with E-state index in [1.54, 1.807) is 60.9 Å². The fourth-order valence-electron chi connectivity index (χ4n) is 2.64. The van der Waals surface area contributed by atoms with Crippen molar-refractivity contribution in [2.45, 2.75) is 6.42 Å². The van der Waals surface area contributed by atoms with Crippen LogP contribution < -0.4 is 10.9 Å². The van der Waals surface area contributed by atoms with E-state index < -0.39 is 18.2 Å². The number of nitrogens with one attached hydrogen (secondary N) is 2. The molecule has 2 amide bonds. The van der Waals surface area contributed by atoms with Crippen molar-refractivity contribution in [1.82, 2.24) is 20.9 Å². The predicted octanol–water partition coefficient (Wildman–Crippen LogP) is 1.16. The number of hydrogen-bond donors (Lipinski definition) is 2. The summed E-state index contributed by atoms with van der Waals surface area (Å²) < 4.78 is 0. The smallest absolute Gasteiger partial charge is 0.248 e. The van der Waals surface area contributed by atoms with E-state index in [1.165, 1.54) is 24.1 Å². The maximum Gasteiger partial charge on any atom is 0.248 e. The van der Waals surface area contributed by atoms with Gasteiger partial charge >= 0.3 is 0 Å². The van der Waals surface area contributed by atoms with Gasteiger partial charge in [-0.15, -0.1) is 0 Å². The minimum absolute atomic E-state index is 0.224. The Hall–Kier alpha value is -4.70. The van der Waals surface area contributed by atoms with Gasteiger partial charge in [-0.2, -0.15) is 20.5 Å². The van der Waals surface area contributed by atoms with E-state index in [0.29, 0.717) is 11.1 Å². The molecule has 2 rings (SSSR count). The van der Waals surface area contributed by atoms with Gasteiger partial charge in [-0.05, 0) is 0 Å². The summed E-state index contributed by atoms with van der Waals surface area (Å²) >= 11 is 0. The Morgan fingerprint density at radius 2 is 1.13 bits per heavy atom. The van der Waals surface area contributed by atoms with Gasteiger partial charge in [-0.25, -0.2) is 0 Å². The van der Waals surface area contributed by atoms with Gasteiger partial charge in [0, 0.05) is 25.2 Å². The van der Waals surface area contributed by atoms with Crippen LogP contribution in [0.3, 0.4) is 0 Å². The first-order chi connectivity index (χ1) is 15.0. The third-order valence-electron chi connectivity index (χ3n) is 3.92. The van der Waals surface area contributed by atoms with Crippen LogP contribution in [-0.2, 0) is 9.59 Å². The largest absolute Gasteiger partial charge is 0.273 e. The minimum Gasteiger partial charge on any atom is -0.273 e. The zero-order valence-electron chi connectivity index (χ0n) is 17.0. The summed E-state index contributed by atoms with van der Waals surface area (Å²) in [6.45, 7) is 0. The zero-order chi connectivity index (χ0) is 22.6. The van der Waals surface area contributed by atoms with Gasteiger partial charge in [0.05, 0.1) is 0 Å². The Kier molecular flexibility index (Phi) is 8.26. The fourth-order valence-corrected chi connectivity index (χ4v) is 2.64. The highest BCUT2D eigenvalue weighted by molar-refractivity contribution is 6.03. The summed E-state index contributed by atoms with van der Waals surface area (Å²) in [7, 11) is 3.02. The van der Waals surface area contributed by atoms with E-state index >= 15 is 0 Å². The van der Waals surface area contributed by atoms with Crippen molar-refractivity contribution in [3.63, 3.8) is 0 Å². The molecule has 0 unspecified atom stereocenters. The molecule has 0 aliphatic heterocycles. The van der Waals surface area contributed by atoms with Gasteiger partial charge in [0.2, 0.25) is 24.2 Å². The second-order valence-corrected chi connectivity index (χ2v) is 6.17. The molecule has 0 radical (unpaired) electrons. The number of carbonyl (C=O) groups excluding carboxylic acids is 2. The SMILES string of the molecule is CN(NC(=O)CC(=O)NN(C)C(=NC#N)c1ccccc1)C(=NC#N)c1ccccc1. The summed E-state index contributed by atoms with van der Waals surface area (Å²) in [5.41, 5.74) is 6.25. The average Bonchev–Trinajstić information content (AvgIpc) is 2.76. The van der Waals surface area contributed by atoms with Gasteiger partial charge < -0.3 is 0 Å². The Morgan fingerprint density at radius 1 is 0.774 bits per heavy atom. The molecule has 31 heavy (non-hydrogen) atoms. The molecule has 10 heteroatoms. The van der Waals surface area contributed by atoms with Crippen LogP contribution in [0.4, 0.5) is 0 Å². The molecule has 156 valence electrons. The normalized spacial score (nSPS) is 11.0. The number of benzene rings is 2. The Balaban J connectivity index is 1.99. The monoisotopic (exact) mass is 416 g/mol. The van der Waals surface area contributed by atoms with Crippen molar-refractivity contribution in [2.75, 3.05) is 14.1 Å². The van der Waals surface area contributed by atoms with Crippen molar-refractivity contribution in [2.24, 2.45) is 9.98 Å². The molecule has 0 heterocycles. The van der Waals surface area contributed by atoms with E-state index in [0.717, 1.165) is 0 Å². The summed E-state index contributed by atoms with van der Waals surface area (Å²) in [4.78, 5) is 32.1. The highest BCUT2D eigenvalue weighted by Gasteiger charge is 2.18. The minimum atomic E-state index is -0.617. The fraction of sp³-hybridized carbons (Fsp3) is 0.143. The highest BCUT2D eigenvalue weighted by Crippen LogP contribution is 2.05. The lowest BCUT2D eigenvalue weighted by Gasteiger charge is -2.23. The van der Waals surface area contributed by atoms with E-state index in [-0.39, 0.29) is 11.7 Å². The Labute approximate surface area is 179 Å². The first kappa shape index (κ1) is 22.6. The molecule has 0 bridgehead atoms. The standard InChI is InChI=1S/C21H20N8O2/c1-28(20(24-14-22)16-9-5-3-6-10-16)26-18(30)13-19(31)27-29(2)21(25-15-23)17-11-7-4-8-12-17/h3-12H,13H2,1-2H3,(H,26,30)(H,27,31). The third kappa shape index (κ3) is 6.69. The molecule has 2 aromatic rings. The van der Waals surface area contributed by atoms with Crippen LogP contribution >= 0.6 is 0 Å². The van der Waals surface area contributed by atoms with Gasteiger partial charge in [0.15, 0.2) is 11.7 Å². The van der Waals surface area contributed by atoms with Crippen LogP contribution in [0, 0.1) is 22.9 Å². The van der Waals surface area contributed by atoms with Crippen LogP contribution in [0.15, 0.2) is 70.6 Å². The number of amidine groups is 2. The van der Waals surface area contributed by atoms with E-state index in [1.807, 2.05) is 12.1 Å². The summed E-state index contributed by atoms with van der Waals surface area (Å²) in [6.07, 6.45) is 2.89. The lowest BCUT2D eigenvalue weighted by molar-refractivity contribution is -0.132. The predicted molar refractivity (Wildman–Crippen MR) is 114 cm³/mol. The third-order valence-corrected chi connectivity index (χ3v) is 3.92. The second kappa shape index (κ2) is 11.3. The van der Waals surface area contributed by atoms with Crippen molar-refractivity contribution in [3.8, 4) is 12.4 Å². The van der Waals surface area contributed by atoms with Crippen molar-refractivity contribution in [3.05, 3.63) is 71.8 Å². The van der Waals surface area contributed by atoms with Crippen LogP contribution in [0.1, 0.15) is 17.5 Å². The molecule has 0 saturated carbocycles. The van der Waals surface area contributed by atoms with Crippen molar-refractivity contribution in [1.29, 1.82) is 10.5 Å². The van der Waals surface area contributed by atoms with E-state index in [2.05, 4.69) is 20.8 Å². The average molecular weight is 416 g/mol. The lowest BCUT2D eigenvalue weighted by atomic mass is 10.2. The zero-order valence-corrected chi connectivity index (χ0v) is 17.0. The molecule has 2 aromatic carbocycles. The van der Waals surface area contributed by atoms with Gasteiger partial charge in [0.25, 0.3) is 0 Å². The van der Waals surface area contributed by atoms with E-state index in [9.17, 15) is 9.59 Å². The Morgan fingerprint density at radius 3 is 1.45 bits per heavy atom. The topological polar surface area (TPSA) is 137 Å². The number of carbonyl (C=O) groups is 2. The van der Waals surface area contributed by atoms with Gasteiger partial charge in [0.1, 0.15) is 6.42 Å². The molecule has 10 nitrogen and oxygen atoms in total. The van der Waals surface area contributed by atoms with Crippen LogP contribution in [-0.4, -0.2) is 47.6 Å². The highest BCUT2D eigenvalue weighted by atomic mass is 16.2. The number of amides is 2. The molecular formula is C21H20N8O2. The van der Waals surface area contributed by atoms with Crippen LogP contribution in [0.5, 0.6) is 0 Å². The molecule has 0 spiro atoms. The summed E-state index contributed by atoms with van der Waals surface area (Å²) in [5.74, 6) is -0.787. The molecule has 0 saturated heterocycles. The van der Waals surface area contributed by atoms with Crippen LogP contribution in [0.2, 0.25) is 0 Å². The lowest BCUT2D eigenvalue weighted by Crippen LogP contribution is -2.48. The first-order valence-electron chi connectivity index (χ1n) is 9.07. The van der Waals surface area contributed by atoms with Crippen molar-refractivity contribution < 1.29 is 9.59 Å². The van der Waals surface area contributed by atoms with Gasteiger partial charge in [-0.3, -0.25) is 30.5 Å². The Bertz CT molecular complexity index is 967. The van der Waals surface area contributed by atoms with Gasteiger partial charge in [-0.1, -0.05) is 60.7 Å². The first-order valence-corrected chi connectivity index (χ1v) is 9.07.